The van der Waals surface area contributed by atoms with Gasteiger partial charge in [-0.25, -0.2) is 5.43 Å². The first-order valence-corrected chi connectivity index (χ1v) is 7.85. The molecule has 114 valence electrons. The van der Waals surface area contributed by atoms with E-state index in [-0.39, 0.29) is 11.3 Å². The predicted octanol–water partition coefficient (Wildman–Crippen LogP) is 4.28. The number of amides is 1. The summed E-state index contributed by atoms with van der Waals surface area (Å²) in [5, 5.41) is 4.33. The van der Waals surface area contributed by atoms with Crippen LogP contribution in [-0.4, -0.2) is 11.6 Å². The van der Waals surface area contributed by atoms with Crippen molar-refractivity contribution < 1.29 is 4.79 Å². The number of hydrogen-bond acceptors (Lipinski definition) is 2. The van der Waals surface area contributed by atoms with Crippen molar-refractivity contribution in [3.05, 3.63) is 35.4 Å². The fourth-order valence-electron chi connectivity index (χ4n) is 2.64. The van der Waals surface area contributed by atoms with Crippen molar-refractivity contribution in [3.63, 3.8) is 0 Å². The highest BCUT2D eigenvalue weighted by Crippen LogP contribution is 2.22. The number of nitrogens with one attached hydrogen (secondary N) is 1. The summed E-state index contributed by atoms with van der Waals surface area (Å²) in [5.74, 6) is 0.364. The van der Waals surface area contributed by atoms with Gasteiger partial charge in [0.25, 0.3) is 5.91 Å². The fraction of sp³-hybridized carbons (Fsp3) is 0.556. The molecular weight excluding hydrogens is 260 g/mol. The second kappa shape index (κ2) is 6.42. The molecule has 1 atom stereocenters. The second-order valence-corrected chi connectivity index (χ2v) is 7.02. The Morgan fingerprint density at radius 1 is 1.19 bits per heavy atom. The predicted molar refractivity (Wildman–Crippen MR) is 87.7 cm³/mol. The van der Waals surface area contributed by atoms with Gasteiger partial charge in [-0.15, -0.1) is 0 Å². The monoisotopic (exact) mass is 286 g/mol. The Kier molecular flexibility index (Phi) is 4.81. The maximum atomic E-state index is 12.1. The molecule has 1 saturated carbocycles. The lowest BCUT2D eigenvalue weighted by atomic mass is 9.87. The van der Waals surface area contributed by atoms with E-state index in [0.29, 0.717) is 11.5 Å². The minimum atomic E-state index is -0.124. The third-order valence-corrected chi connectivity index (χ3v) is 4.20. The van der Waals surface area contributed by atoms with E-state index in [2.05, 4.69) is 38.2 Å². The van der Waals surface area contributed by atoms with Crippen LogP contribution in [0.3, 0.4) is 0 Å². The van der Waals surface area contributed by atoms with Crippen LogP contribution in [-0.2, 0) is 5.41 Å². The van der Waals surface area contributed by atoms with Gasteiger partial charge in [0.05, 0.1) is 0 Å². The van der Waals surface area contributed by atoms with E-state index in [0.717, 1.165) is 12.1 Å². The van der Waals surface area contributed by atoms with Crippen molar-refractivity contribution in [2.24, 2.45) is 11.0 Å². The number of rotatable bonds is 2. The summed E-state index contributed by atoms with van der Waals surface area (Å²) in [6.45, 7) is 8.68. The molecular formula is C18H26N2O. The SMILES string of the molecule is CC1CCCC/C1=N\NC(=O)c1ccc(C(C)(C)C)cc1. The van der Waals surface area contributed by atoms with E-state index < -0.39 is 0 Å². The smallest absolute Gasteiger partial charge is 0.267 e. The van der Waals surface area contributed by atoms with E-state index >= 15 is 0 Å². The van der Waals surface area contributed by atoms with E-state index in [4.69, 9.17) is 0 Å². The van der Waals surface area contributed by atoms with Crippen LogP contribution in [0.2, 0.25) is 0 Å². The number of hydrazone groups is 1. The summed E-state index contributed by atoms with van der Waals surface area (Å²) in [7, 11) is 0. The zero-order valence-electron chi connectivity index (χ0n) is 13.6. The Balaban J connectivity index is 2.02. The van der Waals surface area contributed by atoms with E-state index in [1.54, 1.807) is 0 Å². The molecule has 1 N–H and O–H groups in total. The van der Waals surface area contributed by atoms with Gasteiger partial charge >= 0.3 is 0 Å². The zero-order valence-corrected chi connectivity index (χ0v) is 13.6. The molecule has 1 unspecified atom stereocenters. The molecule has 0 radical (unpaired) electrons. The molecule has 0 aliphatic heterocycles. The number of benzene rings is 1. The van der Waals surface area contributed by atoms with Crippen LogP contribution in [0.4, 0.5) is 0 Å². The molecule has 0 spiro atoms. The zero-order chi connectivity index (χ0) is 15.5. The first kappa shape index (κ1) is 15.7. The summed E-state index contributed by atoms with van der Waals surface area (Å²) in [6.07, 6.45) is 4.63. The van der Waals surface area contributed by atoms with Gasteiger partial charge in [0, 0.05) is 11.3 Å². The highest BCUT2D eigenvalue weighted by molar-refractivity contribution is 5.95. The summed E-state index contributed by atoms with van der Waals surface area (Å²) in [6, 6.07) is 7.79. The molecule has 1 aliphatic rings. The van der Waals surface area contributed by atoms with E-state index in [9.17, 15) is 4.79 Å². The van der Waals surface area contributed by atoms with E-state index in [1.807, 2.05) is 24.3 Å². The van der Waals surface area contributed by atoms with E-state index in [1.165, 1.54) is 24.8 Å². The Morgan fingerprint density at radius 2 is 1.86 bits per heavy atom. The van der Waals surface area contributed by atoms with Gasteiger partial charge in [0.2, 0.25) is 0 Å². The molecule has 0 bridgehead atoms. The normalized spacial score (nSPS) is 21.3. The molecule has 0 saturated heterocycles. The molecule has 1 aliphatic carbocycles. The molecule has 21 heavy (non-hydrogen) atoms. The van der Waals surface area contributed by atoms with Crippen LogP contribution < -0.4 is 5.43 Å². The first-order valence-electron chi connectivity index (χ1n) is 7.85. The lowest BCUT2D eigenvalue weighted by Gasteiger charge is -2.20. The Labute approximate surface area is 127 Å². The largest absolute Gasteiger partial charge is 0.271 e. The van der Waals surface area contributed by atoms with Gasteiger partial charge in [0.15, 0.2) is 0 Å². The number of nitrogens with zero attached hydrogens (tertiary/aromatic N) is 1. The Bertz CT molecular complexity index is 523. The van der Waals surface area contributed by atoms with Crippen molar-refractivity contribution in [1.82, 2.24) is 5.43 Å². The maximum absolute atomic E-state index is 12.1. The van der Waals surface area contributed by atoms with Crippen LogP contribution in [0.15, 0.2) is 29.4 Å². The summed E-state index contributed by atoms with van der Waals surface area (Å²) in [4.78, 5) is 12.1. The third-order valence-electron chi connectivity index (χ3n) is 4.20. The molecule has 1 aromatic rings. The molecule has 0 aromatic heterocycles. The Morgan fingerprint density at radius 3 is 2.43 bits per heavy atom. The molecule has 3 nitrogen and oxygen atoms in total. The average molecular weight is 286 g/mol. The number of hydrogen-bond donors (Lipinski definition) is 1. The molecule has 2 rings (SSSR count). The molecule has 1 fully saturated rings. The standard InChI is InChI=1S/C18H26N2O/c1-13-7-5-6-8-16(13)19-20-17(21)14-9-11-15(12-10-14)18(2,3)4/h9-13H,5-8H2,1-4H3,(H,20,21)/b19-16+. The minimum absolute atomic E-state index is 0.104. The highest BCUT2D eigenvalue weighted by Gasteiger charge is 2.17. The van der Waals surface area contributed by atoms with Crippen LogP contribution in [0.25, 0.3) is 0 Å². The lowest BCUT2D eigenvalue weighted by molar-refractivity contribution is 0.0954. The number of carbonyl (C=O) groups excluding carboxylic acids is 1. The van der Waals surface area contributed by atoms with Gasteiger partial charge < -0.3 is 0 Å². The van der Waals surface area contributed by atoms with Gasteiger partial charge in [-0.1, -0.05) is 46.2 Å². The summed E-state index contributed by atoms with van der Waals surface area (Å²) >= 11 is 0. The van der Waals surface area contributed by atoms with Crippen LogP contribution in [0.5, 0.6) is 0 Å². The average Bonchev–Trinajstić information content (AvgIpc) is 2.45. The van der Waals surface area contributed by atoms with Gasteiger partial charge in [-0.2, -0.15) is 5.10 Å². The van der Waals surface area contributed by atoms with Crippen molar-refractivity contribution in [2.75, 3.05) is 0 Å². The Hall–Kier alpha value is -1.64. The topological polar surface area (TPSA) is 41.5 Å². The third kappa shape index (κ3) is 4.16. The minimum Gasteiger partial charge on any atom is -0.267 e. The highest BCUT2D eigenvalue weighted by atomic mass is 16.2. The summed E-state index contributed by atoms with van der Waals surface area (Å²) < 4.78 is 0. The van der Waals surface area contributed by atoms with Crippen LogP contribution in [0.1, 0.15) is 69.3 Å². The van der Waals surface area contributed by atoms with Crippen LogP contribution in [0, 0.1) is 5.92 Å². The van der Waals surface area contributed by atoms with Crippen molar-refractivity contribution in [1.29, 1.82) is 0 Å². The second-order valence-electron chi connectivity index (χ2n) is 7.02. The molecule has 1 aromatic carbocycles. The van der Waals surface area contributed by atoms with Gasteiger partial charge in [-0.05, 0) is 48.3 Å². The first-order chi connectivity index (χ1) is 9.88. The maximum Gasteiger partial charge on any atom is 0.271 e. The van der Waals surface area contributed by atoms with Crippen molar-refractivity contribution >= 4 is 11.6 Å². The quantitative estimate of drug-likeness (QED) is 0.810. The molecule has 0 heterocycles. The van der Waals surface area contributed by atoms with Crippen molar-refractivity contribution in [2.45, 2.75) is 58.8 Å². The molecule has 1 amide bonds. The van der Waals surface area contributed by atoms with Gasteiger partial charge in [-0.3, -0.25) is 4.79 Å². The van der Waals surface area contributed by atoms with Crippen molar-refractivity contribution in [3.8, 4) is 0 Å². The molecule has 3 heteroatoms. The lowest BCUT2D eigenvalue weighted by Crippen LogP contribution is -2.24. The number of carbonyl (C=O) groups is 1. The van der Waals surface area contributed by atoms with Crippen LogP contribution >= 0.6 is 0 Å². The summed E-state index contributed by atoms with van der Waals surface area (Å²) in [5.41, 5.74) is 5.83. The van der Waals surface area contributed by atoms with Gasteiger partial charge in [0.1, 0.15) is 0 Å². The fourth-order valence-corrected chi connectivity index (χ4v) is 2.64.